The summed E-state index contributed by atoms with van der Waals surface area (Å²) in [6.07, 6.45) is 3.41. The largest absolute Gasteiger partial charge is 0.333 e. The normalized spacial score (nSPS) is 18.6. The number of allylic oxidation sites excluding steroid dienone is 1. The predicted octanol–water partition coefficient (Wildman–Crippen LogP) is 1.73. The molecule has 4 amide bonds. The van der Waals surface area contributed by atoms with E-state index in [0.717, 1.165) is 0 Å². The van der Waals surface area contributed by atoms with E-state index in [1.54, 1.807) is 6.08 Å². The van der Waals surface area contributed by atoms with Crippen molar-refractivity contribution in [2.24, 2.45) is 5.41 Å². The van der Waals surface area contributed by atoms with Crippen LogP contribution in [-0.4, -0.2) is 45.7 Å². The van der Waals surface area contributed by atoms with Crippen LogP contribution in [0.2, 0.25) is 0 Å². The fourth-order valence-electron chi connectivity index (χ4n) is 3.53. The van der Waals surface area contributed by atoms with Crippen molar-refractivity contribution < 1.29 is 38.4 Å². The van der Waals surface area contributed by atoms with E-state index in [4.69, 9.17) is 9.68 Å². The zero-order valence-electron chi connectivity index (χ0n) is 17.0. The molecule has 1 atom stereocenters. The Morgan fingerprint density at radius 3 is 1.83 bits per heavy atom. The van der Waals surface area contributed by atoms with Gasteiger partial charge in [0.1, 0.15) is 0 Å². The lowest BCUT2D eigenvalue weighted by Crippen LogP contribution is -2.35. The van der Waals surface area contributed by atoms with Crippen molar-refractivity contribution in [1.29, 1.82) is 0 Å². The fraction of sp³-hybridized carbons (Fsp3) is 0.600. The van der Waals surface area contributed by atoms with Crippen molar-refractivity contribution in [3.05, 3.63) is 12.7 Å². The molecular weight excluding hydrogens is 396 g/mol. The van der Waals surface area contributed by atoms with E-state index < -0.39 is 41.0 Å². The van der Waals surface area contributed by atoms with E-state index in [1.807, 2.05) is 6.92 Å². The van der Waals surface area contributed by atoms with Crippen LogP contribution in [0.15, 0.2) is 12.7 Å². The Kier molecular flexibility index (Phi) is 7.85. The molecular formula is C20H26N2O8. The average Bonchev–Trinajstić information content (AvgIpc) is 3.18. The number of imide groups is 2. The Labute approximate surface area is 174 Å². The minimum Gasteiger partial charge on any atom is -0.330 e. The molecule has 2 fully saturated rings. The maximum absolute atomic E-state index is 12.4. The zero-order valence-corrected chi connectivity index (χ0v) is 17.0. The number of carbonyl (C=O) groups excluding carboxylic acids is 6. The molecule has 0 aromatic carbocycles. The second-order valence-corrected chi connectivity index (χ2v) is 7.47. The van der Waals surface area contributed by atoms with Gasteiger partial charge >= 0.3 is 11.9 Å². The van der Waals surface area contributed by atoms with Crippen LogP contribution in [0, 0.1) is 5.41 Å². The quantitative estimate of drug-likeness (QED) is 0.364. The average molecular weight is 422 g/mol. The Bertz CT molecular complexity index is 730. The molecule has 0 N–H and O–H groups in total. The highest BCUT2D eigenvalue weighted by Gasteiger charge is 2.37. The van der Waals surface area contributed by atoms with Crippen LogP contribution < -0.4 is 0 Å². The van der Waals surface area contributed by atoms with Crippen LogP contribution in [0.3, 0.4) is 0 Å². The van der Waals surface area contributed by atoms with Gasteiger partial charge in [-0.2, -0.15) is 0 Å². The highest BCUT2D eigenvalue weighted by molar-refractivity contribution is 6.02. The summed E-state index contributed by atoms with van der Waals surface area (Å²) in [5.41, 5.74) is -0.579. The molecule has 0 radical (unpaired) electrons. The third-order valence-corrected chi connectivity index (χ3v) is 5.33. The summed E-state index contributed by atoms with van der Waals surface area (Å²) in [4.78, 5) is 80.4. The van der Waals surface area contributed by atoms with E-state index >= 15 is 0 Å². The first-order chi connectivity index (χ1) is 14.2. The smallest absolute Gasteiger partial charge is 0.330 e. The SMILES string of the molecule is C=CCC(CC)(CCCC(=O)ON1C(=O)CCC1=O)CC(=O)ON1C(=O)CCC1=O. The number of rotatable bonds is 11. The van der Waals surface area contributed by atoms with Gasteiger partial charge in [-0.3, -0.25) is 19.2 Å². The van der Waals surface area contributed by atoms with Crippen LogP contribution in [0.1, 0.15) is 71.1 Å². The first-order valence-corrected chi connectivity index (χ1v) is 9.95. The molecule has 0 saturated carbocycles. The highest BCUT2D eigenvalue weighted by Crippen LogP contribution is 2.37. The molecule has 30 heavy (non-hydrogen) atoms. The van der Waals surface area contributed by atoms with Crippen molar-refractivity contribution in [2.75, 3.05) is 0 Å². The number of hydrogen-bond acceptors (Lipinski definition) is 8. The first-order valence-electron chi connectivity index (χ1n) is 9.95. The molecule has 2 aliphatic heterocycles. The van der Waals surface area contributed by atoms with Gasteiger partial charge in [-0.05, 0) is 31.1 Å². The highest BCUT2D eigenvalue weighted by atomic mass is 16.7. The minimum absolute atomic E-state index is 0.0157. The van der Waals surface area contributed by atoms with Gasteiger partial charge in [0.15, 0.2) is 0 Å². The maximum Gasteiger partial charge on any atom is 0.333 e. The molecule has 0 spiro atoms. The van der Waals surface area contributed by atoms with Gasteiger partial charge in [-0.15, -0.1) is 16.7 Å². The molecule has 2 heterocycles. The summed E-state index contributed by atoms with van der Waals surface area (Å²) in [5.74, 6) is -3.61. The molecule has 0 bridgehead atoms. The predicted molar refractivity (Wildman–Crippen MR) is 100 cm³/mol. The summed E-state index contributed by atoms with van der Waals surface area (Å²) in [5, 5.41) is 1.01. The maximum atomic E-state index is 12.4. The van der Waals surface area contributed by atoms with Crippen molar-refractivity contribution in [3.8, 4) is 0 Å². The van der Waals surface area contributed by atoms with E-state index in [1.165, 1.54) is 0 Å². The second-order valence-electron chi connectivity index (χ2n) is 7.47. The molecule has 10 nitrogen and oxygen atoms in total. The summed E-state index contributed by atoms with van der Waals surface area (Å²) in [6, 6.07) is 0. The lowest BCUT2D eigenvalue weighted by atomic mass is 9.74. The van der Waals surface area contributed by atoms with Gasteiger partial charge in [0.2, 0.25) is 0 Å². The lowest BCUT2D eigenvalue weighted by molar-refractivity contribution is -0.199. The van der Waals surface area contributed by atoms with Crippen LogP contribution >= 0.6 is 0 Å². The van der Waals surface area contributed by atoms with E-state index in [9.17, 15) is 28.8 Å². The number of hydroxylamine groups is 4. The summed E-state index contributed by atoms with van der Waals surface area (Å²) >= 11 is 0. The van der Waals surface area contributed by atoms with E-state index in [-0.39, 0.29) is 38.5 Å². The topological polar surface area (TPSA) is 127 Å². The Hall–Kier alpha value is -3.04. The number of carbonyl (C=O) groups is 6. The number of amides is 4. The van der Waals surface area contributed by atoms with Crippen molar-refractivity contribution in [1.82, 2.24) is 10.1 Å². The number of nitrogens with zero attached hydrogens (tertiary/aromatic N) is 2. The molecule has 2 saturated heterocycles. The van der Waals surface area contributed by atoms with Crippen LogP contribution in [0.5, 0.6) is 0 Å². The lowest BCUT2D eigenvalue weighted by Gasteiger charge is -2.31. The van der Waals surface area contributed by atoms with Gasteiger partial charge < -0.3 is 9.68 Å². The van der Waals surface area contributed by atoms with Crippen LogP contribution in [-0.2, 0) is 38.4 Å². The third kappa shape index (κ3) is 5.74. The summed E-state index contributed by atoms with van der Waals surface area (Å²) in [6.45, 7) is 5.59. The third-order valence-electron chi connectivity index (χ3n) is 5.33. The molecule has 0 aliphatic carbocycles. The molecule has 2 aliphatic rings. The van der Waals surface area contributed by atoms with Gasteiger partial charge in [0.25, 0.3) is 23.6 Å². The van der Waals surface area contributed by atoms with Crippen LogP contribution in [0.25, 0.3) is 0 Å². The van der Waals surface area contributed by atoms with Crippen molar-refractivity contribution in [3.63, 3.8) is 0 Å². The zero-order chi connectivity index (χ0) is 22.3. The van der Waals surface area contributed by atoms with Gasteiger partial charge in [-0.1, -0.05) is 13.0 Å². The van der Waals surface area contributed by atoms with Crippen LogP contribution in [0.4, 0.5) is 0 Å². The summed E-state index contributed by atoms with van der Waals surface area (Å²) in [7, 11) is 0. The monoisotopic (exact) mass is 422 g/mol. The molecule has 164 valence electrons. The number of hydrogen-bond donors (Lipinski definition) is 0. The first kappa shape index (κ1) is 23.2. The molecule has 0 aromatic heterocycles. The summed E-state index contributed by atoms with van der Waals surface area (Å²) < 4.78 is 0. The Morgan fingerprint density at radius 2 is 1.40 bits per heavy atom. The van der Waals surface area contributed by atoms with Crippen molar-refractivity contribution in [2.45, 2.75) is 71.1 Å². The fourth-order valence-corrected chi connectivity index (χ4v) is 3.53. The minimum atomic E-state index is -0.710. The molecule has 2 rings (SSSR count). The Balaban J connectivity index is 1.89. The standard InChI is InChI=1S/C20H26N2O8/c1-3-11-20(4-2,13-19(28)30-22-16(25)9-10-17(22)26)12-5-6-18(27)29-21-14(23)7-8-15(21)24/h3H,1,4-13H2,2H3. The second kappa shape index (κ2) is 10.1. The van der Waals surface area contributed by atoms with Gasteiger partial charge in [-0.25, -0.2) is 9.59 Å². The Morgan fingerprint density at radius 1 is 0.933 bits per heavy atom. The molecule has 1 unspecified atom stereocenters. The van der Waals surface area contributed by atoms with Crippen molar-refractivity contribution >= 4 is 35.6 Å². The molecule has 0 aromatic rings. The molecule has 10 heteroatoms. The van der Waals surface area contributed by atoms with E-state index in [2.05, 4.69) is 6.58 Å². The van der Waals surface area contributed by atoms with E-state index in [0.29, 0.717) is 35.8 Å². The van der Waals surface area contributed by atoms with Gasteiger partial charge in [0, 0.05) is 32.1 Å². The van der Waals surface area contributed by atoms with Gasteiger partial charge in [0.05, 0.1) is 6.42 Å².